The van der Waals surface area contributed by atoms with Gasteiger partial charge in [0, 0.05) is 5.92 Å². The van der Waals surface area contributed by atoms with Crippen molar-refractivity contribution in [2.45, 2.75) is 70.2 Å². The summed E-state index contributed by atoms with van der Waals surface area (Å²) in [6.07, 6.45) is 8.35. The number of carbonyl (C=O) groups excluding carboxylic acids is 1. The number of ether oxygens (including phenoxy) is 1. The maximum Gasteiger partial charge on any atom is 0.309 e. The fourth-order valence-corrected chi connectivity index (χ4v) is 2.68. The molecule has 1 saturated heterocycles. The maximum atomic E-state index is 11.5. The summed E-state index contributed by atoms with van der Waals surface area (Å²) in [4.78, 5) is 22.0. The fraction of sp³-hybridized carbons (Fsp3) is 0.667. The zero-order chi connectivity index (χ0) is 17.9. The molecule has 4 unspecified atom stereocenters. The van der Waals surface area contributed by atoms with Crippen LogP contribution in [-0.4, -0.2) is 45.6 Å². The molecule has 24 heavy (non-hydrogen) atoms. The highest BCUT2D eigenvalue weighted by atomic mass is 16.5. The largest absolute Gasteiger partial charge is 0.481 e. The number of rotatable bonds is 10. The third-order valence-corrected chi connectivity index (χ3v) is 4.05. The van der Waals surface area contributed by atoms with Gasteiger partial charge in [0.05, 0.1) is 25.0 Å². The van der Waals surface area contributed by atoms with Gasteiger partial charge in [-0.25, -0.2) is 0 Å². The number of carboxylic acid groups (broad SMARTS) is 1. The summed E-state index contributed by atoms with van der Waals surface area (Å²) in [6.45, 7) is 2.09. The van der Waals surface area contributed by atoms with E-state index in [4.69, 9.17) is 9.84 Å². The Morgan fingerprint density at radius 2 is 2.12 bits per heavy atom. The zero-order valence-corrected chi connectivity index (χ0v) is 14.1. The van der Waals surface area contributed by atoms with Gasteiger partial charge in [0.1, 0.15) is 6.10 Å². The van der Waals surface area contributed by atoms with Crippen LogP contribution in [0.4, 0.5) is 0 Å². The summed E-state index contributed by atoms with van der Waals surface area (Å²) in [5.74, 6) is -1.73. The van der Waals surface area contributed by atoms with Crippen LogP contribution in [0.5, 0.6) is 0 Å². The first kappa shape index (κ1) is 20.4. The summed E-state index contributed by atoms with van der Waals surface area (Å²) in [7, 11) is 0. The molecule has 0 saturated carbocycles. The van der Waals surface area contributed by atoms with Gasteiger partial charge in [-0.1, -0.05) is 44.4 Å². The molecular weight excluding hydrogens is 312 g/mol. The lowest BCUT2D eigenvalue weighted by molar-refractivity contribution is -0.163. The van der Waals surface area contributed by atoms with E-state index < -0.39 is 30.3 Å². The normalized spacial score (nSPS) is 26.0. The zero-order valence-electron chi connectivity index (χ0n) is 14.1. The van der Waals surface area contributed by atoms with E-state index in [1.54, 1.807) is 18.2 Å². The van der Waals surface area contributed by atoms with Crippen molar-refractivity contribution in [1.29, 1.82) is 0 Å². The fourth-order valence-electron chi connectivity index (χ4n) is 2.68. The molecule has 1 rings (SSSR count). The maximum absolute atomic E-state index is 11.5. The molecule has 1 aliphatic heterocycles. The van der Waals surface area contributed by atoms with Gasteiger partial charge >= 0.3 is 11.9 Å². The van der Waals surface area contributed by atoms with Gasteiger partial charge in [-0.2, -0.15) is 0 Å². The number of hydrogen-bond donors (Lipinski definition) is 3. The number of esters is 1. The Bertz CT molecular complexity index is 456. The third-order valence-electron chi connectivity index (χ3n) is 4.05. The Kier molecular flexibility index (Phi) is 9.34. The Morgan fingerprint density at radius 1 is 1.38 bits per heavy atom. The van der Waals surface area contributed by atoms with Gasteiger partial charge in [0.2, 0.25) is 0 Å². The average molecular weight is 340 g/mol. The predicted molar refractivity (Wildman–Crippen MR) is 89.3 cm³/mol. The Morgan fingerprint density at radius 3 is 2.79 bits per heavy atom. The Labute approximate surface area is 142 Å². The van der Waals surface area contributed by atoms with E-state index in [0.717, 1.165) is 19.3 Å². The van der Waals surface area contributed by atoms with Crippen LogP contribution in [0.3, 0.4) is 0 Å². The quantitative estimate of drug-likeness (QED) is 0.320. The number of aliphatic hydroxyl groups excluding tert-OH is 2. The summed E-state index contributed by atoms with van der Waals surface area (Å²) in [5, 5.41) is 28.7. The first-order valence-corrected chi connectivity index (χ1v) is 8.54. The van der Waals surface area contributed by atoms with Crippen LogP contribution in [0.25, 0.3) is 0 Å². The van der Waals surface area contributed by atoms with Crippen molar-refractivity contribution in [3.8, 4) is 0 Å². The summed E-state index contributed by atoms with van der Waals surface area (Å²) < 4.78 is 5.28. The van der Waals surface area contributed by atoms with E-state index in [2.05, 4.69) is 6.92 Å². The van der Waals surface area contributed by atoms with Crippen LogP contribution in [0.2, 0.25) is 0 Å². The van der Waals surface area contributed by atoms with Gasteiger partial charge < -0.3 is 20.1 Å². The molecule has 0 bridgehead atoms. The Balaban J connectivity index is 2.62. The minimum absolute atomic E-state index is 0.0686. The van der Waals surface area contributed by atoms with Gasteiger partial charge in [0.25, 0.3) is 0 Å². The summed E-state index contributed by atoms with van der Waals surface area (Å²) in [5.41, 5.74) is 0. The molecule has 0 aromatic carbocycles. The molecule has 1 heterocycles. The third kappa shape index (κ3) is 7.75. The lowest BCUT2D eigenvalue weighted by Crippen LogP contribution is -2.41. The average Bonchev–Trinajstić information content (AvgIpc) is 2.51. The van der Waals surface area contributed by atoms with Gasteiger partial charge in [-0.05, 0) is 18.9 Å². The molecule has 136 valence electrons. The van der Waals surface area contributed by atoms with E-state index in [1.165, 1.54) is 6.08 Å². The number of aliphatic carboxylic acids is 1. The number of unbranched alkanes of at least 4 members (excludes halogenated alkanes) is 2. The standard InChI is InChI=1S/C18H28O6/c1-2-3-4-7-13(19)10-11-16-14(8-5-6-9-17(21)22)15(20)12-18(23)24-16/h5-6,10-11,13-16,19-20H,2-4,7-9,12H2,1H3,(H,21,22). The number of cyclic esters (lactones) is 1. The van der Waals surface area contributed by atoms with Crippen molar-refractivity contribution in [2.75, 3.05) is 0 Å². The van der Waals surface area contributed by atoms with Crippen LogP contribution in [-0.2, 0) is 14.3 Å². The highest BCUT2D eigenvalue weighted by Crippen LogP contribution is 2.27. The van der Waals surface area contributed by atoms with Crippen LogP contribution >= 0.6 is 0 Å². The second kappa shape index (κ2) is 11.0. The van der Waals surface area contributed by atoms with Crippen LogP contribution in [0.1, 0.15) is 51.9 Å². The smallest absolute Gasteiger partial charge is 0.309 e. The molecule has 6 heteroatoms. The molecule has 0 amide bonds. The lowest BCUT2D eigenvalue weighted by atomic mass is 9.87. The molecule has 0 radical (unpaired) electrons. The number of carboxylic acids is 1. The number of allylic oxidation sites excluding steroid dienone is 1. The molecule has 6 nitrogen and oxygen atoms in total. The number of hydrogen-bond acceptors (Lipinski definition) is 5. The van der Waals surface area contributed by atoms with E-state index >= 15 is 0 Å². The van der Waals surface area contributed by atoms with Crippen LogP contribution < -0.4 is 0 Å². The highest BCUT2D eigenvalue weighted by Gasteiger charge is 2.35. The minimum atomic E-state index is -0.923. The minimum Gasteiger partial charge on any atom is -0.481 e. The molecule has 1 aliphatic rings. The van der Waals surface area contributed by atoms with Crippen molar-refractivity contribution in [2.24, 2.45) is 5.92 Å². The van der Waals surface area contributed by atoms with Crippen molar-refractivity contribution < 1.29 is 29.6 Å². The van der Waals surface area contributed by atoms with Crippen molar-refractivity contribution in [1.82, 2.24) is 0 Å². The van der Waals surface area contributed by atoms with Gasteiger partial charge in [-0.3, -0.25) is 9.59 Å². The molecule has 0 aliphatic carbocycles. The molecule has 0 spiro atoms. The van der Waals surface area contributed by atoms with Crippen LogP contribution in [0.15, 0.2) is 24.3 Å². The monoisotopic (exact) mass is 340 g/mol. The summed E-state index contributed by atoms with van der Waals surface area (Å²) >= 11 is 0. The Hall–Kier alpha value is -1.66. The molecule has 1 fully saturated rings. The van der Waals surface area contributed by atoms with Crippen molar-refractivity contribution in [3.63, 3.8) is 0 Å². The predicted octanol–water partition coefficient (Wildman–Crippen LogP) is 2.20. The van der Waals surface area contributed by atoms with Gasteiger partial charge in [-0.15, -0.1) is 0 Å². The summed E-state index contributed by atoms with van der Waals surface area (Å²) in [6, 6.07) is 0. The second-order valence-electron chi connectivity index (χ2n) is 6.14. The van der Waals surface area contributed by atoms with Crippen molar-refractivity contribution in [3.05, 3.63) is 24.3 Å². The first-order valence-electron chi connectivity index (χ1n) is 8.54. The lowest BCUT2D eigenvalue weighted by Gasteiger charge is -2.32. The van der Waals surface area contributed by atoms with E-state index in [1.807, 2.05) is 0 Å². The topological polar surface area (TPSA) is 104 Å². The highest BCUT2D eigenvalue weighted by molar-refractivity contribution is 5.71. The molecule has 4 atom stereocenters. The van der Waals surface area contributed by atoms with Crippen molar-refractivity contribution >= 4 is 11.9 Å². The van der Waals surface area contributed by atoms with Gasteiger partial charge in [0.15, 0.2) is 0 Å². The van der Waals surface area contributed by atoms with E-state index in [0.29, 0.717) is 12.8 Å². The number of carbonyl (C=O) groups is 2. The molecule has 0 aromatic heterocycles. The van der Waals surface area contributed by atoms with E-state index in [9.17, 15) is 19.8 Å². The number of aliphatic hydroxyl groups is 2. The second-order valence-corrected chi connectivity index (χ2v) is 6.14. The molecule has 0 aromatic rings. The van der Waals surface area contributed by atoms with E-state index in [-0.39, 0.29) is 18.8 Å². The first-order chi connectivity index (χ1) is 11.4. The van der Waals surface area contributed by atoms with Crippen LogP contribution in [0, 0.1) is 5.92 Å². The SMILES string of the molecule is CCCCCC(O)C=CC1OC(=O)CC(O)C1CC=CCC(=O)O. The molecule has 3 N–H and O–H groups in total. The molecular formula is C18H28O6.